The van der Waals surface area contributed by atoms with Gasteiger partial charge < -0.3 is 15.1 Å². The third-order valence-electron chi connectivity index (χ3n) is 4.12. The summed E-state index contributed by atoms with van der Waals surface area (Å²) in [6.07, 6.45) is 0. The van der Waals surface area contributed by atoms with E-state index in [2.05, 4.69) is 10.2 Å². The van der Waals surface area contributed by atoms with Crippen LogP contribution in [-0.4, -0.2) is 37.1 Å². The molecule has 1 heterocycles. The van der Waals surface area contributed by atoms with Crippen LogP contribution in [0.4, 0.5) is 16.2 Å². The molecule has 1 aliphatic heterocycles. The average Bonchev–Trinajstić information content (AvgIpc) is 2.57. The average molecular weight is 364 g/mol. The number of rotatable bonds is 2. The summed E-state index contributed by atoms with van der Waals surface area (Å²) >= 11 is 12.2. The summed E-state index contributed by atoms with van der Waals surface area (Å²) in [6.45, 7) is 4.80. The second-order valence-corrected chi connectivity index (χ2v) is 6.71. The van der Waals surface area contributed by atoms with Crippen molar-refractivity contribution in [3.8, 4) is 0 Å². The maximum atomic E-state index is 12.4. The van der Waals surface area contributed by atoms with Gasteiger partial charge in [-0.2, -0.15) is 0 Å². The number of piperazine rings is 1. The molecule has 1 aliphatic rings. The molecule has 2 amide bonds. The van der Waals surface area contributed by atoms with Crippen molar-refractivity contribution < 1.29 is 4.79 Å². The number of hydrogen-bond donors (Lipinski definition) is 1. The molecular weight excluding hydrogens is 345 g/mol. The molecule has 0 saturated carbocycles. The van der Waals surface area contributed by atoms with E-state index in [1.165, 1.54) is 5.56 Å². The van der Waals surface area contributed by atoms with Gasteiger partial charge in [0.25, 0.3) is 0 Å². The number of halogens is 2. The van der Waals surface area contributed by atoms with Crippen molar-refractivity contribution in [1.29, 1.82) is 0 Å². The van der Waals surface area contributed by atoms with Crippen molar-refractivity contribution in [2.24, 2.45) is 0 Å². The lowest BCUT2D eigenvalue weighted by Gasteiger charge is -2.36. The SMILES string of the molecule is Cc1ccc(NC(=O)N2CCN(c3ccc(Cl)cc3Cl)CC2)cc1. The van der Waals surface area contributed by atoms with Gasteiger partial charge in [0.15, 0.2) is 0 Å². The van der Waals surface area contributed by atoms with Crippen molar-refractivity contribution in [3.05, 3.63) is 58.1 Å². The van der Waals surface area contributed by atoms with E-state index in [0.29, 0.717) is 23.1 Å². The van der Waals surface area contributed by atoms with Crippen molar-refractivity contribution in [2.45, 2.75) is 6.92 Å². The maximum absolute atomic E-state index is 12.4. The third kappa shape index (κ3) is 3.94. The quantitative estimate of drug-likeness (QED) is 0.842. The molecule has 1 N–H and O–H groups in total. The Labute approximate surface area is 152 Å². The van der Waals surface area contributed by atoms with Gasteiger partial charge in [0.05, 0.1) is 10.7 Å². The first-order valence-electron chi connectivity index (χ1n) is 7.85. The van der Waals surface area contributed by atoms with E-state index in [-0.39, 0.29) is 6.03 Å². The summed E-state index contributed by atoms with van der Waals surface area (Å²) in [6, 6.07) is 13.2. The predicted molar refractivity (Wildman–Crippen MR) is 100 cm³/mol. The van der Waals surface area contributed by atoms with E-state index in [1.54, 1.807) is 6.07 Å². The Hall–Kier alpha value is -1.91. The second kappa shape index (κ2) is 7.32. The van der Waals surface area contributed by atoms with Crippen LogP contribution in [0.1, 0.15) is 5.56 Å². The number of nitrogens with one attached hydrogen (secondary N) is 1. The van der Waals surface area contributed by atoms with Crippen LogP contribution < -0.4 is 10.2 Å². The minimum Gasteiger partial charge on any atom is -0.367 e. The van der Waals surface area contributed by atoms with Gasteiger partial charge in [-0.25, -0.2) is 4.79 Å². The van der Waals surface area contributed by atoms with Crippen LogP contribution in [0.25, 0.3) is 0 Å². The summed E-state index contributed by atoms with van der Waals surface area (Å²) in [5.41, 5.74) is 2.94. The first kappa shape index (κ1) is 16.9. The molecule has 6 heteroatoms. The Morgan fingerprint density at radius 1 is 1.00 bits per heavy atom. The van der Waals surface area contributed by atoms with E-state index < -0.39 is 0 Å². The second-order valence-electron chi connectivity index (χ2n) is 5.87. The smallest absolute Gasteiger partial charge is 0.321 e. The lowest BCUT2D eigenvalue weighted by Crippen LogP contribution is -2.50. The summed E-state index contributed by atoms with van der Waals surface area (Å²) in [5.74, 6) is 0. The summed E-state index contributed by atoms with van der Waals surface area (Å²) < 4.78 is 0. The van der Waals surface area contributed by atoms with E-state index in [9.17, 15) is 4.79 Å². The number of amides is 2. The highest BCUT2D eigenvalue weighted by Gasteiger charge is 2.22. The van der Waals surface area contributed by atoms with E-state index in [1.807, 2.05) is 48.2 Å². The molecule has 0 unspecified atom stereocenters. The third-order valence-corrected chi connectivity index (χ3v) is 4.66. The van der Waals surface area contributed by atoms with Crippen LogP contribution >= 0.6 is 23.2 Å². The lowest BCUT2D eigenvalue weighted by molar-refractivity contribution is 0.208. The Kier molecular flexibility index (Phi) is 5.17. The Balaban J connectivity index is 1.58. The Bertz CT molecular complexity index is 726. The van der Waals surface area contributed by atoms with Gasteiger partial charge in [0, 0.05) is 36.9 Å². The number of benzene rings is 2. The molecule has 0 bridgehead atoms. The number of nitrogens with zero attached hydrogens (tertiary/aromatic N) is 2. The zero-order chi connectivity index (χ0) is 17.1. The molecule has 3 rings (SSSR count). The molecule has 0 aromatic heterocycles. The van der Waals surface area contributed by atoms with Crippen molar-refractivity contribution in [1.82, 2.24) is 4.90 Å². The zero-order valence-electron chi connectivity index (χ0n) is 13.4. The molecule has 0 spiro atoms. The Morgan fingerprint density at radius 2 is 1.67 bits per heavy atom. The fourth-order valence-corrected chi connectivity index (χ4v) is 3.26. The standard InChI is InChI=1S/C18H19Cl2N3O/c1-13-2-5-15(6-3-13)21-18(24)23-10-8-22(9-11-23)17-7-4-14(19)12-16(17)20/h2-7,12H,8-11H2,1H3,(H,21,24). The van der Waals surface area contributed by atoms with Gasteiger partial charge >= 0.3 is 6.03 Å². The van der Waals surface area contributed by atoms with Gasteiger partial charge in [0.1, 0.15) is 0 Å². The molecule has 1 fully saturated rings. The molecule has 24 heavy (non-hydrogen) atoms. The number of carbonyl (C=O) groups is 1. The first-order chi connectivity index (χ1) is 11.5. The molecule has 1 saturated heterocycles. The van der Waals surface area contributed by atoms with E-state index in [0.717, 1.165) is 24.5 Å². The molecule has 0 radical (unpaired) electrons. The zero-order valence-corrected chi connectivity index (χ0v) is 14.9. The summed E-state index contributed by atoms with van der Waals surface area (Å²) in [5, 5.41) is 4.20. The van der Waals surface area contributed by atoms with Crippen LogP contribution in [0.2, 0.25) is 10.0 Å². The summed E-state index contributed by atoms with van der Waals surface area (Å²) in [7, 11) is 0. The van der Waals surface area contributed by atoms with Gasteiger partial charge in [-0.05, 0) is 37.3 Å². The summed E-state index contributed by atoms with van der Waals surface area (Å²) in [4.78, 5) is 16.4. The van der Waals surface area contributed by atoms with Gasteiger partial charge in [-0.15, -0.1) is 0 Å². The molecule has 2 aromatic carbocycles. The van der Waals surface area contributed by atoms with Gasteiger partial charge in [0.2, 0.25) is 0 Å². The number of aryl methyl sites for hydroxylation is 1. The van der Waals surface area contributed by atoms with Crippen LogP contribution in [0.15, 0.2) is 42.5 Å². The number of urea groups is 1. The number of anilines is 2. The van der Waals surface area contributed by atoms with Crippen LogP contribution in [0.5, 0.6) is 0 Å². The fraction of sp³-hybridized carbons (Fsp3) is 0.278. The first-order valence-corrected chi connectivity index (χ1v) is 8.61. The highest BCUT2D eigenvalue weighted by molar-refractivity contribution is 6.36. The largest absolute Gasteiger partial charge is 0.367 e. The molecule has 4 nitrogen and oxygen atoms in total. The molecule has 2 aromatic rings. The van der Waals surface area contributed by atoms with Crippen molar-refractivity contribution >= 4 is 40.6 Å². The minimum absolute atomic E-state index is 0.0688. The highest BCUT2D eigenvalue weighted by atomic mass is 35.5. The highest BCUT2D eigenvalue weighted by Crippen LogP contribution is 2.29. The van der Waals surface area contributed by atoms with Crippen LogP contribution in [-0.2, 0) is 0 Å². The van der Waals surface area contributed by atoms with Gasteiger partial charge in [-0.1, -0.05) is 40.9 Å². The normalized spacial score (nSPS) is 14.6. The number of hydrogen-bond acceptors (Lipinski definition) is 2. The lowest BCUT2D eigenvalue weighted by atomic mass is 10.2. The molecule has 0 atom stereocenters. The van der Waals surface area contributed by atoms with Gasteiger partial charge in [-0.3, -0.25) is 0 Å². The minimum atomic E-state index is -0.0688. The van der Waals surface area contributed by atoms with Crippen LogP contribution in [0.3, 0.4) is 0 Å². The van der Waals surface area contributed by atoms with E-state index >= 15 is 0 Å². The molecular formula is C18H19Cl2N3O. The predicted octanol–water partition coefficient (Wildman–Crippen LogP) is 4.66. The monoisotopic (exact) mass is 363 g/mol. The fourth-order valence-electron chi connectivity index (χ4n) is 2.73. The van der Waals surface area contributed by atoms with Crippen molar-refractivity contribution in [2.75, 3.05) is 36.4 Å². The number of carbonyl (C=O) groups excluding carboxylic acids is 1. The molecule has 126 valence electrons. The molecule has 0 aliphatic carbocycles. The topological polar surface area (TPSA) is 35.6 Å². The van der Waals surface area contributed by atoms with Crippen molar-refractivity contribution in [3.63, 3.8) is 0 Å². The van der Waals surface area contributed by atoms with Crippen LogP contribution in [0, 0.1) is 6.92 Å². The Morgan fingerprint density at radius 3 is 2.29 bits per heavy atom. The van der Waals surface area contributed by atoms with E-state index in [4.69, 9.17) is 23.2 Å². The maximum Gasteiger partial charge on any atom is 0.321 e.